The summed E-state index contributed by atoms with van der Waals surface area (Å²) in [7, 11) is 0. The molecule has 0 radical (unpaired) electrons. The molecule has 9 heteroatoms. The van der Waals surface area contributed by atoms with E-state index in [0.29, 0.717) is 22.5 Å². The number of hydrogen-bond acceptors (Lipinski definition) is 4. The summed E-state index contributed by atoms with van der Waals surface area (Å²) in [6.07, 6.45) is -1.52. The van der Waals surface area contributed by atoms with E-state index < -0.39 is 23.7 Å². The first-order valence-electron chi connectivity index (χ1n) is 9.81. The van der Waals surface area contributed by atoms with Crippen LogP contribution in [0.4, 0.5) is 30.2 Å². The summed E-state index contributed by atoms with van der Waals surface area (Å²) in [5.41, 5.74) is 13.3. The van der Waals surface area contributed by atoms with Gasteiger partial charge in [0.1, 0.15) is 6.04 Å². The predicted octanol–water partition coefficient (Wildman–Crippen LogP) is 4.58. The van der Waals surface area contributed by atoms with Gasteiger partial charge in [-0.05, 0) is 53.6 Å². The van der Waals surface area contributed by atoms with Crippen molar-refractivity contribution in [3.63, 3.8) is 0 Å². The minimum Gasteiger partial charge on any atom is -0.397 e. The largest absolute Gasteiger partial charge is 0.416 e. The fourth-order valence-corrected chi connectivity index (χ4v) is 2.89. The third kappa shape index (κ3) is 6.44. The Bertz CT molecular complexity index is 1160. The second-order valence-corrected chi connectivity index (χ2v) is 7.12. The van der Waals surface area contributed by atoms with E-state index in [1.165, 1.54) is 6.08 Å². The van der Waals surface area contributed by atoms with Crippen molar-refractivity contribution < 1.29 is 22.8 Å². The number of anilines is 3. The van der Waals surface area contributed by atoms with Crippen LogP contribution in [-0.2, 0) is 15.8 Å². The third-order valence-corrected chi connectivity index (χ3v) is 4.70. The van der Waals surface area contributed by atoms with Gasteiger partial charge in [0.05, 0.1) is 16.9 Å². The zero-order valence-corrected chi connectivity index (χ0v) is 17.3. The number of halogens is 3. The second kappa shape index (κ2) is 10.0. The molecule has 1 atom stereocenters. The molecule has 3 aromatic carbocycles. The summed E-state index contributed by atoms with van der Waals surface area (Å²) < 4.78 is 37.9. The van der Waals surface area contributed by atoms with Gasteiger partial charge in [-0.15, -0.1) is 0 Å². The van der Waals surface area contributed by atoms with Crippen LogP contribution in [0.15, 0.2) is 78.9 Å². The fourth-order valence-electron chi connectivity index (χ4n) is 2.89. The van der Waals surface area contributed by atoms with Crippen LogP contribution in [-0.4, -0.2) is 11.8 Å². The van der Waals surface area contributed by atoms with Crippen LogP contribution in [0.2, 0.25) is 0 Å². The Morgan fingerprint density at radius 1 is 0.879 bits per heavy atom. The maximum absolute atomic E-state index is 12.6. The lowest BCUT2D eigenvalue weighted by molar-refractivity contribution is -0.137. The molecular weight excluding hydrogens is 433 g/mol. The highest BCUT2D eigenvalue weighted by Gasteiger charge is 2.30. The van der Waals surface area contributed by atoms with Crippen LogP contribution in [0, 0.1) is 0 Å². The standard InChI is InChI=1S/C24H21F3N4O2/c25-24(26,27)17-10-12-18(13-11-17)30-23(33)22(29)16-8-5-15(6-9-16)7-14-21(32)31-20-4-2-1-3-19(20)28/h1-14,22H,28-29H2,(H,30,33)(H,31,32). The Labute approximate surface area is 188 Å². The Balaban J connectivity index is 1.58. The van der Waals surface area contributed by atoms with Gasteiger partial charge >= 0.3 is 6.18 Å². The third-order valence-electron chi connectivity index (χ3n) is 4.70. The fraction of sp³-hybridized carbons (Fsp3) is 0.0833. The van der Waals surface area contributed by atoms with Gasteiger partial charge < -0.3 is 22.1 Å². The summed E-state index contributed by atoms with van der Waals surface area (Å²) in [5, 5.41) is 5.17. The zero-order valence-electron chi connectivity index (χ0n) is 17.3. The van der Waals surface area contributed by atoms with Crippen LogP contribution >= 0.6 is 0 Å². The van der Waals surface area contributed by atoms with E-state index in [1.807, 2.05) is 0 Å². The molecule has 6 nitrogen and oxygen atoms in total. The lowest BCUT2D eigenvalue weighted by atomic mass is 10.0. The molecule has 0 aliphatic carbocycles. The summed E-state index contributed by atoms with van der Waals surface area (Å²) in [6.45, 7) is 0. The van der Waals surface area contributed by atoms with E-state index in [9.17, 15) is 22.8 Å². The minimum atomic E-state index is -4.45. The monoisotopic (exact) mass is 454 g/mol. The first-order valence-corrected chi connectivity index (χ1v) is 9.81. The molecule has 0 aliphatic heterocycles. The van der Waals surface area contributed by atoms with Crippen LogP contribution in [0.25, 0.3) is 6.08 Å². The van der Waals surface area contributed by atoms with Gasteiger partial charge in [0.25, 0.3) is 0 Å². The summed E-state index contributed by atoms with van der Waals surface area (Å²) in [5.74, 6) is -0.928. The molecule has 170 valence electrons. The van der Waals surface area contributed by atoms with E-state index in [1.54, 1.807) is 54.6 Å². The van der Waals surface area contributed by atoms with Gasteiger partial charge in [-0.3, -0.25) is 9.59 Å². The summed E-state index contributed by atoms with van der Waals surface area (Å²) >= 11 is 0. The van der Waals surface area contributed by atoms with Crippen molar-refractivity contribution in [3.05, 3.63) is 95.6 Å². The van der Waals surface area contributed by atoms with E-state index in [-0.39, 0.29) is 11.6 Å². The number of alkyl halides is 3. The molecule has 6 N–H and O–H groups in total. The number of hydrogen-bond donors (Lipinski definition) is 4. The predicted molar refractivity (Wildman–Crippen MR) is 122 cm³/mol. The smallest absolute Gasteiger partial charge is 0.397 e. The number of para-hydroxylation sites is 2. The van der Waals surface area contributed by atoms with Gasteiger partial charge in [-0.2, -0.15) is 13.2 Å². The van der Waals surface area contributed by atoms with Crippen LogP contribution in [0.1, 0.15) is 22.7 Å². The van der Waals surface area contributed by atoms with Crippen molar-refractivity contribution in [2.45, 2.75) is 12.2 Å². The number of nitrogens with one attached hydrogen (secondary N) is 2. The Hall–Kier alpha value is -4.11. The number of amides is 2. The molecule has 0 bridgehead atoms. The zero-order chi connectivity index (χ0) is 24.0. The highest BCUT2D eigenvalue weighted by molar-refractivity contribution is 6.03. The topological polar surface area (TPSA) is 110 Å². The van der Waals surface area contributed by atoms with E-state index in [4.69, 9.17) is 11.5 Å². The number of nitrogen functional groups attached to an aromatic ring is 1. The van der Waals surface area contributed by atoms with E-state index in [2.05, 4.69) is 10.6 Å². The van der Waals surface area contributed by atoms with Gasteiger partial charge in [0.2, 0.25) is 11.8 Å². The average molecular weight is 454 g/mol. The highest BCUT2D eigenvalue weighted by Crippen LogP contribution is 2.30. The van der Waals surface area contributed by atoms with Crippen LogP contribution in [0.3, 0.4) is 0 Å². The number of carbonyl (C=O) groups excluding carboxylic acids is 2. The minimum absolute atomic E-state index is 0.202. The Morgan fingerprint density at radius 2 is 1.52 bits per heavy atom. The number of benzene rings is 3. The van der Waals surface area contributed by atoms with Crippen molar-refractivity contribution >= 4 is 35.0 Å². The maximum Gasteiger partial charge on any atom is 0.416 e. The van der Waals surface area contributed by atoms with E-state index >= 15 is 0 Å². The summed E-state index contributed by atoms with van der Waals surface area (Å²) in [4.78, 5) is 24.4. The van der Waals surface area contributed by atoms with Gasteiger partial charge in [0.15, 0.2) is 0 Å². The van der Waals surface area contributed by atoms with Gasteiger partial charge in [0, 0.05) is 11.8 Å². The van der Waals surface area contributed by atoms with E-state index in [0.717, 1.165) is 24.3 Å². The van der Waals surface area contributed by atoms with Crippen molar-refractivity contribution in [2.75, 3.05) is 16.4 Å². The van der Waals surface area contributed by atoms with Crippen molar-refractivity contribution in [1.82, 2.24) is 0 Å². The molecule has 1 unspecified atom stereocenters. The SMILES string of the molecule is Nc1ccccc1NC(=O)C=Cc1ccc(C(N)C(=O)Nc2ccc(C(F)(F)F)cc2)cc1. The number of rotatable bonds is 6. The number of carbonyl (C=O) groups is 2. The van der Waals surface area contributed by atoms with Crippen molar-refractivity contribution in [3.8, 4) is 0 Å². The molecule has 0 aliphatic rings. The molecule has 2 amide bonds. The Kier molecular flexibility index (Phi) is 7.14. The molecule has 0 aromatic heterocycles. The molecule has 3 aromatic rings. The first kappa shape index (κ1) is 23.6. The second-order valence-electron chi connectivity index (χ2n) is 7.12. The molecule has 0 saturated heterocycles. The lowest BCUT2D eigenvalue weighted by Gasteiger charge is -2.14. The molecule has 0 fully saturated rings. The molecule has 0 saturated carbocycles. The molecule has 3 rings (SSSR count). The molecule has 33 heavy (non-hydrogen) atoms. The molecule has 0 heterocycles. The first-order chi connectivity index (χ1) is 15.6. The highest BCUT2D eigenvalue weighted by atomic mass is 19.4. The average Bonchev–Trinajstić information content (AvgIpc) is 2.79. The van der Waals surface area contributed by atoms with Crippen LogP contribution < -0.4 is 22.1 Å². The lowest BCUT2D eigenvalue weighted by Crippen LogP contribution is -2.27. The molecule has 0 spiro atoms. The van der Waals surface area contributed by atoms with Crippen molar-refractivity contribution in [1.29, 1.82) is 0 Å². The van der Waals surface area contributed by atoms with Crippen LogP contribution in [0.5, 0.6) is 0 Å². The molecular formula is C24H21F3N4O2. The van der Waals surface area contributed by atoms with Gasteiger partial charge in [-0.1, -0.05) is 36.4 Å². The Morgan fingerprint density at radius 3 is 2.12 bits per heavy atom. The number of nitrogens with two attached hydrogens (primary N) is 2. The van der Waals surface area contributed by atoms with Gasteiger partial charge in [-0.25, -0.2) is 0 Å². The normalized spacial score (nSPS) is 12.4. The quantitative estimate of drug-likeness (QED) is 0.323. The summed E-state index contributed by atoms with van der Waals surface area (Å²) in [6, 6.07) is 16.6. The maximum atomic E-state index is 12.6. The van der Waals surface area contributed by atoms with Crippen molar-refractivity contribution in [2.24, 2.45) is 5.73 Å².